The number of anilines is 1. The smallest absolute Gasteiger partial charge is 0.405 e. The number of halogens is 3. The van der Waals surface area contributed by atoms with Gasteiger partial charge in [-0.2, -0.15) is 13.2 Å². The number of hydrogen-bond donors (Lipinski definition) is 2. The fourth-order valence-corrected chi connectivity index (χ4v) is 3.23. The van der Waals surface area contributed by atoms with E-state index in [9.17, 15) is 18.0 Å². The van der Waals surface area contributed by atoms with Gasteiger partial charge in [0.1, 0.15) is 6.54 Å². The van der Waals surface area contributed by atoms with Crippen LogP contribution in [-0.4, -0.2) is 57.9 Å². The van der Waals surface area contributed by atoms with Crippen molar-refractivity contribution in [1.29, 1.82) is 0 Å². The highest BCUT2D eigenvalue weighted by molar-refractivity contribution is 5.91. The lowest BCUT2D eigenvalue weighted by molar-refractivity contribution is -0.122. The first-order chi connectivity index (χ1) is 14.3. The Labute approximate surface area is 170 Å². The van der Waals surface area contributed by atoms with E-state index in [0.29, 0.717) is 36.9 Å². The van der Waals surface area contributed by atoms with E-state index < -0.39 is 18.8 Å². The zero-order valence-electron chi connectivity index (χ0n) is 16.3. The maximum Gasteiger partial charge on any atom is 0.405 e. The number of hydrogen-bond acceptors (Lipinski definition) is 7. The lowest BCUT2D eigenvalue weighted by Crippen LogP contribution is -2.51. The minimum absolute atomic E-state index is 0.0184. The SMILES string of the molecule is COc1ncc(-c2cnc(N(C(=O)NCC(F)(F)F)C3CCC(N)CC3)cn2)cn1. The first-order valence-corrected chi connectivity index (χ1v) is 9.34. The number of nitrogens with zero attached hydrogens (tertiary/aromatic N) is 5. The molecule has 0 bridgehead atoms. The van der Waals surface area contributed by atoms with Crippen molar-refractivity contribution in [2.75, 3.05) is 18.6 Å². The largest absolute Gasteiger partial charge is 0.467 e. The van der Waals surface area contributed by atoms with Crippen LogP contribution in [0, 0.1) is 0 Å². The molecule has 2 amide bonds. The van der Waals surface area contributed by atoms with Crippen molar-refractivity contribution in [3.05, 3.63) is 24.8 Å². The zero-order valence-corrected chi connectivity index (χ0v) is 16.3. The maximum atomic E-state index is 12.6. The highest BCUT2D eigenvalue weighted by atomic mass is 19.4. The minimum Gasteiger partial charge on any atom is -0.467 e. The Morgan fingerprint density at radius 2 is 1.80 bits per heavy atom. The first-order valence-electron chi connectivity index (χ1n) is 9.34. The molecule has 0 atom stereocenters. The van der Waals surface area contributed by atoms with E-state index in [1.165, 1.54) is 36.8 Å². The normalized spacial score (nSPS) is 19.2. The highest BCUT2D eigenvalue weighted by Gasteiger charge is 2.33. The number of urea groups is 1. The molecule has 1 aliphatic carbocycles. The summed E-state index contributed by atoms with van der Waals surface area (Å²) in [6.07, 6.45) is 3.73. The van der Waals surface area contributed by atoms with Crippen molar-refractivity contribution in [1.82, 2.24) is 25.3 Å². The molecule has 0 spiro atoms. The molecule has 30 heavy (non-hydrogen) atoms. The molecule has 0 aromatic carbocycles. The van der Waals surface area contributed by atoms with E-state index in [-0.39, 0.29) is 23.9 Å². The molecule has 1 saturated carbocycles. The van der Waals surface area contributed by atoms with Gasteiger partial charge in [0.05, 0.1) is 25.2 Å². The van der Waals surface area contributed by atoms with Crippen LogP contribution in [0.25, 0.3) is 11.3 Å². The van der Waals surface area contributed by atoms with E-state index in [1.54, 1.807) is 0 Å². The molecule has 3 N–H and O–H groups in total. The van der Waals surface area contributed by atoms with Crippen LogP contribution in [0.2, 0.25) is 0 Å². The van der Waals surface area contributed by atoms with Crippen LogP contribution in [-0.2, 0) is 0 Å². The summed E-state index contributed by atoms with van der Waals surface area (Å²) in [4.78, 5) is 30.3. The fraction of sp³-hybridized carbons (Fsp3) is 0.500. The van der Waals surface area contributed by atoms with Gasteiger partial charge in [-0.25, -0.2) is 19.7 Å². The molecule has 1 aliphatic rings. The lowest BCUT2D eigenvalue weighted by Gasteiger charge is -2.35. The van der Waals surface area contributed by atoms with Gasteiger partial charge in [-0.05, 0) is 25.7 Å². The van der Waals surface area contributed by atoms with Crippen molar-refractivity contribution in [3.63, 3.8) is 0 Å². The second kappa shape index (κ2) is 9.20. The number of carbonyl (C=O) groups excluding carboxylic acids is 1. The third-order valence-electron chi connectivity index (χ3n) is 4.76. The maximum absolute atomic E-state index is 12.6. The van der Waals surface area contributed by atoms with Crippen LogP contribution >= 0.6 is 0 Å². The number of carbonyl (C=O) groups is 1. The van der Waals surface area contributed by atoms with Crippen LogP contribution in [0.5, 0.6) is 6.01 Å². The number of methoxy groups -OCH3 is 1. The van der Waals surface area contributed by atoms with Gasteiger partial charge in [-0.15, -0.1) is 0 Å². The first kappa shape index (κ1) is 21.7. The minimum atomic E-state index is -4.51. The van der Waals surface area contributed by atoms with E-state index in [2.05, 4.69) is 19.9 Å². The van der Waals surface area contributed by atoms with Crippen LogP contribution in [0.1, 0.15) is 25.7 Å². The molecule has 0 radical (unpaired) electrons. The second-order valence-corrected chi connectivity index (χ2v) is 6.93. The Bertz CT molecular complexity index is 838. The molecule has 9 nitrogen and oxygen atoms in total. The van der Waals surface area contributed by atoms with Crippen molar-refractivity contribution < 1.29 is 22.7 Å². The molecule has 162 valence electrons. The summed E-state index contributed by atoms with van der Waals surface area (Å²) in [6.45, 7) is -1.43. The van der Waals surface area contributed by atoms with Crippen LogP contribution in [0.15, 0.2) is 24.8 Å². The number of rotatable bonds is 5. The monoisotopic (exact) mass is 425 g/mol. The van der Waals surface area contributed by atoms with Gasteiger partial charge in [0.2, 0.25) is 0 Å². The molecule has 0 aliphatic heterocycles. The fourth-order valence-electron chi connectivity index (χ4n) is 3.23. The number of amides is 2. The summed E-state index contributed by atoms with van der Waals surface area (Å²) >= 11 is 0. The van der Waals surface area contributed by atoms with Gasteiger partial charge in [0, 0.05) is 30.0 Å². The van der Waals surface area contributed by atoms with Gasteiger partial charge in [0.25, 0.3) is 0 Å². The Hall–Kier alpha value is -3.02. The zero-order chi connectivity index (χ0) is 21.7. The van der Waals surface area contributed by atoms with Crippen molar-refractivity contribution in [2.45, 2.75) is 43.9 Å². The predicted octanol–water partition coefficient (Wildman–Crippen LogP) is 2.29. The molecular weight excluding hydrogens is 403 g/mol. The molecule has 0 saturated heterocycles. The summed E-state index contributed by atoms with van der Waals surface area (Å²) in [5.74, 6) is 0.160. The number of nitrogens with two attached hydrogens (primary N) is 1. The second-order valence-electron chi connectivity index (χ2n) is 6.93. The molecular formula is C18H22F3N7O2. The molecule has 3 rings (SSSR count). The number of ether oxygens (including phenoxy) is 1. The number of nitrogens with one attached hydrogen (secondary N) is 1. The van der Waals surface area contributed by atoms with Crippen LogP contribution in [0.4, 0.5) is 23.8 Å². The third-order valence-corrected chi connectivity index (χ3v) is 4.76. The Morgan fingerprint density at radius 1 is 1.13 bits per heavy atom. The average molecular weight is 425 g/mol. The summed E-state index contributed by atoms with van der Waals surface area (Å²) in [5, 5.41) is 1.92. The van der Waals surface area contributed by atoms with E-state index in [4.69, 9.17) is 10.5 Å². The topological polar surface area (TPSA) is 119 Å². The Kier molecular flexibility index (Phi) is 6.65. The number of aromatic nitrogens is 4. The van der Waals surface area contributed by atoms with E-state index in [0.717, 1.165) is 0 Å². The molecule has 1 fully saturated rings. The predicted molar refractivity (Wildman–Crippen MR) is 102 cm³/mol. The molecule has 0 unspecified atom stereocenters. The highest BCUT2D eigenvalue weighted by Crippen LogP contribution is 2.27. The molecule has 2 heterocycles. The van der Waals surface area contributed by atoms with Crippen molar-refractivity contribution in [2.24, 2.45) is 5.73 Å². The molecule has 2 aromatic heterocycles. The van der Waals surface area contributed by atoms with Gasteiger partial charge in [-0.3, -0.25) is 9.88 Å². The van der Waals surface area contributed by atoms with E-state index >= 15 is 0 Å². The van der Waals surface area contributed by atoms with Crippen molar-refractivity contribution >= 4 is 11.8 Å². The average Bonchev–Trinajstić information content (AvgIpc) is 2.74. The number of alkyl halides is 3. The van der Waals surface area contributed by atoms with Crippen LogP contribution < -0.4 is 20.7 Å². The van der Waals surface area contributed by atoms with Gasteiger partial charge in [0.15, 0.2) is 5.82 Å². The van der Waals surface area contributed by atoms with Gasteiger partial charge < -0.3 is 15.8 Å². The quantitative estimate of drug-likeness (QED) is 0.754. The standard InChI is InChI=1S/C18H22F3N7O2/c1-30-16-25-6-11(7-26-16)14-8-24-15(9-23-14)28(13-4-2-12(22)3-5-13)17(29)27-10-18(19,20)21/h6-9,12-13H,2-5,10,22H2,1H3,(H,27,29). The van der Waals surface area contributed by atoms with Crippen LogP contribution in [0.3, 0.4) is 0 Å². The third kappa shape index (κ3) is 5.53. The lowest BCUT2D eigenvalue weighted by atomic mass is 9.91. The summed E-state index contributed by atoms with van der Waals surface area (Å²) < 4.78 is 42.6. The summed E-state index contributed by atoms with van der Waals surface area (Å²) in [7, 11) is 1.44. The Morgan fingerprint density at radius 3 is 2.33 bits per heavy atom. The molecule has 12 heteroatoms. The van der Waals surface area contributed by atoms with Gasteiger partial charge >= 0.3 is 18.2 Å². The Balaban J connectivity index is 1.81. The summed E-state index contributed by atoms with van der Waals surface area (Å²) in [6, 6.07) is -0.971. The van der Waals surface area contributed by atoms with Crippen molar-refractivity contribution in [3.8, 4) is 17.3 Å². The summed E-state index contributed by atoms with van der Waals surface area (Å²) in [5.41, 5.74) is 6.94. The van der Waals surface area contributed by atoms with E-state index in [1.807, 2.05) is 5.32 Å². The molecule has 2 aromatic rings. The van der Waals surface area contributed by atoms with Gasteiger partial charge in [-0.1, -0.05) is 0 Å².